The highest BCUT2D eigenvalue weighted by Crippen LogP contribution is 2.76. The fraction of sp³-hybridized carbons (Fsp3) is 0.784. The summed E-state index contributed by atoms with van der Waals surface area (Å²) in [5, 5.41) is 3.38. The molecule has 0 aromatic heterocycles. The van der Waals surface area contributed by atoms with Gasteiger partial charge < -0.3 is 18.9 Å². The molecule has 14 aliphatic rings. The summed E-state index contributed by atoms with van der Waals surface area (Å²) in [7, 11) is 1.72. The molecule has 26 atom stereocenters. The van der Waals surface area contributed by atoms with Crippen LogP contribution in [0.15, 0.2) is 36.4 Å². The lowest BCUT2D eigenvalue weighted by Gasteiger charge is -2.43. The Balaban J connectivity index is 0.000000202. The number of ether oxygens (including phenoxy) is 4. The Labute approximate surface area is 532 Å². The zero-order valence-corrected chi connectivity index (χ0v) is 55.8. The molecule has 14 saturated carbocycles. The minimum Gasteiger partial charge on any atom is -0.496 e. The van der Waals surface area contributed by atoms with E-state index in [0.717, 1.165) is 164 Å². The molecule has 2 aromatic carbocycles. The van der Waals surface area contributed by atoms with Gasteiger partial charge in [0.25, 0.3) is 0 Å². The standard InChI is InChI=1S/C51H72O5S4.C23H28O3/c1-23(52)60-30-17-36-37(18-30)41-20-39(36)49-27-12-43(51(41)49)45(14-27)59-6-4-46(53)55-21-24-7-31-25-9-28(32(10-25)33(31)8-24)22-56-47(54)3-5-58-29-15-34-35(16-29)40-19-38(34)48-26-11-42(50(40)48)44(13-26)57-2;1-16-14-19(8-10-21(16)25-4)23(12-6-5-7-13-23)20-9-11-22(17(2)15-20)26-18(3)24/h24-45,48-51H,3-22H2,1-2H3;8-11,14-15H,5-7,12-13H2,1-4H3. The molecule has 14 fully saturated rings. The van der Waals surface area contributed by atoms with Crippen molar-refractivity contribution in [3.05, 3.63) is 58.7 Å². The average molecular weight is 1250 g/mol. The molecule has 0 amide bonds. The van der Waals surface area contributed by atoms with Gasteiger partial charge in [-0.2, -0.15) is 35.3 Å². The predicted octanol–water partition coefficient (Wildman–Crippen LogP) is 16.1. The summed E-state index contributed by atoms with van der Waals surface area (Å²) in [5.74, 6) is 23.0. The zero-order valence-electron chi connectivity index (χ0n) is 52.6. The van der Waals surface area contributed by atoms with Gasteiger partial charge in [0.05, 0.1) is 33.2 Å². The summed E-state index contributed by atoms with van der Waals surface area (Å²) in [6, 6.07) is 12.9. The number of rotatable bonds is 18. The second kappa shape index (κ2) is 24.3. The largest absolute Gasteiger partial charge is 0.496 e. The maximum atomic E-state index is 13.0. The zero-order chi connectivity index (χ0) is 58.9. The molecular weight excluding hydrogens is 1150 g/mol. The van der Waals surface area contributed by atoms with E-state index in [-0.39, 0.29) is 23.3 Å². The normalized spacial score (nSPS) is 43.8. The SMILES string of the molecule is COc1ccc(C2(c3ccc(OC(C)=O)c(C)c3)CCCCC2)cc1C.CSC1CC2CC1C1C3CC(C4CC(SCCC(=O)OCC5CC6CC5C5CC(COC(=O)CCSC7CC8CC7C7C9CC(C%10CC(SC(C)=O)CC%109)C87)CC65)CC43)C21. The van der Waals surface area contributed by atoms with Gasteiger partial charge in [-0.3, -0.25) is 19.2 Å². The number of thioether (sulfide) groups is 4. The van der Waals surface area contributed by atoms with Gasteiger partial charge in [-0.25, -0.2) is 0 Å². The Morgan fingerprint density at radius 2 is 1.05 bits per heavy atom. The highest BCUT2D eigenvalue weighted by molar-refractivity contribution is 8.14. The summed E-state index contributed by atoms with van der Waals surface area (Å²) in [6.07, 6.45) is 29.0. The molecule has 468 valence electrons. The molecule has 0 spiro atoms. The molecular formula is C74H100O8S4. The number of fused-ring (bicyclic) bond motifs is 29. The Kier molecular flexibility index (Phi) is 17.0. The Bertz CT molecular complexity index is 2890. The second-order valence-electron chi connectivity index (χ2n) is 31.3. The highest BCUT2D eigenvalue weighted by Gasteiger charge is 2.70. The third-order valence-corrected chi connectivity index (χ3v) is 32.8. The molecule has 0 heterocycles. The van der Waals surface area contributed by atoms with Crippen molar-refractivity contribution >= 4 is 70.1 Å². The summed E-state index contributed by atoms with van der Waals surface area (Å²) in [4.78, 5) is 49.2. The summed E-state index contributed by atoms with van der Waals surface area (Å²) in [5.41, 5.74) is 4.87. The third kappa shape index (κ3) is 10.6. The van der Waals surface area contributed by atoms with E-state index in [4.69, 9.17) is 18.9 Å². The van der Waals surface area contributed by atoms with E-state index in [9.17, 15) is 19.2 Å². The molecule has 26 unspecified atom stereocenters. The van der Waals surface area contributed by atoms with E-state index in [1.807, 2.05) is 13.0 Å². The van der Waals surface area contributed by atoms with Crippen molar-refractivity contribution in [2.45, 2.75) is 189 Å². The van der Waals surface area contributed by atoms with Crippen LogP contribution in [-0.4, -0.2) is 82.1 Å². The molecule has 0 N–H and O–H groups in total. The van der Waals surface area contributed by atoms with Gasteiger partial charge in [0.15, 0.2) is 5.12 Å². The van der Waals surface area contributed by atoms with E-state index >= 15 is 0 Å². The van der Waals surface area contributed by atoms with Crippen LogP contribution >= 0.6 is 47.0 Å². The van der Waals surface area contributed by atoms with Crippen molar-refractivity contribution in [3.63, 3.8) is 0 Å². The van der Waals surface area contributed by atoms with Gasteiger partial charge in [0.1, 0.15) is 11.5 Å². The van der Waals surface area contributed by atoms with Crippen LogP contribution < -0.4 is 9.47 Å². The lowest BCUT2D eigenvalue weighted by molar-refractivity contribution is -0.145. The van der Waals surface area contributed by atoms with Crippen LogP contribution in [0, 0.1) is 144 Å². The van der Waals surface area contributed by atoms with Gasteiger partial charge in [0.2, 0.25) is 0 Å². The smallest absolute Gasteiger partial charge is 0.308 e. The Hall–Kier alpha value is -2.28. The molecule has 14 aliphatic carbocycles. The van der Waals surface area contributed by atoms with E-state index in [1.165, 1.54) is 120 Å². The third-order valence-electron chi connectivity index (χ3n) is 27.9. The molecule has 8 nitrogen and oxygen atoms in total. The lowest BCUT2D eigenvalue weighted by Crippen LogP contribution is -2.39. The molecule has 2 aromatic rings. The first-order valence-corrected chi connectivity index (χ1v) is 39.2. The van der Waals surface area contributed by atoms with Gasteiger partial charge in [-0.05, 0) is 287 Å². The van der Waals surface area contributed by atoms with E-state index < -0.39 is 0 Å². The Morgan fingerprint density at radius 3 is 1.64 bits per heavy atom. The van der Waals surface area contributed by atoms with Crippen LogP contribution in [0.25, 0.3) is 0 Å². The molecule has 0 aliphatic heterocycles. The molecule has 86 heavy (non-hydrogen) atoms. The lowest BCUT2D eigenvalue weighted by atomic mass is 9.64. The summed E-state index contributed by atoms with van der Waals surface area (Å²) >= 11 is 8.03. The van der Waals surface area contributed by atoms with Crippen LogP contribution in [0.3, 0.4) is 0 Å². The number of methoxy groups -OCH3 is 1. The molecule has 10 bridgehead atoms. The Morgan fingerprint density at radius 1 is 0.512 bits per heavy atom. The van der Waals surface area contributed by atoms with Crippen LogP contribution in [0.4, 0.5) is 0 Å². The fourth-order valence-electron chi connectivity index (χ4n) is 25.5. The van der Waals surface area contributed by atoms with Gasteiger partial charge in [-0.1, -0.05) is 55.3 Å². The number of hydrogen-bond donors (Lipinski definition) is 0. The summed E-state index contributed by atoms with van der Waals surface area (Å²) < 4.78 is 22.8. The molecule has 16 rings (SSSR count). The van der Waals surface area contributed by atoms with Gasteiger partial charge in [-0.15, -0.1) is 0 Å². The first kappa shape index (κ1) is 60.0. The van der Waals surface area contributed by atoms with E-state index in [2.05, 4.69) is 78.8 Å². The van der Waals surface area contributed by atoms with E-state index in [0.29, 0.717) is 59.9 Å². The molecule has 0 saturated heterocycles. The molecule has 12 heteroatoms. The number of benzene rings is 2. The highest BCUT2D eigenvalue weighted by atomic mass is 32.2. The van der Waals surface area contributed by atoms with Crippen molar-refractivity contribution in [2.24, 2.45) is 130 Å². The van der Waals surface area contributed by atoms with Crippen LogP contribution in [0.5, 0.6) is 11.5 Å². The number of carbonyl (C=O) groups excluding carboxylic acids is 4. The first-order chi connectivity index (χ1) is 41.7. The van der Waals surface area contributed by atoms with E-state index in [1.54, 1.807) is 38.6 Å². The van der Waals surface area contributed by atoms with Crippen LogP contribution in [0.2, 0.25) is 0 Å². The maximum absolute atomic E-state index is 13.0. The molecule has 0 radical (unpaired) electrons. The van der Waals surface area contributed by atoms with Crippen molar-refractivity contribution < 1.29 is 38.1 Å². The summed E-state index contributed by atoms with van der Waals surface area (Å²) in [6.45, 7) is 8.56. The minimum atomic E-state index is -0.279. The maximum Gasteiger partial charge on any atom is 0.308 e. The van der Waals surface area contributed by atoms with Crippen LogP contribution in [-0.2, 0) is 34.1 Å². The second-order valence-corrected chi connectivity index (χ2v) is 36.6. The van der Waals surface area contributed by atoms with Crippen molar-refractivity contribution in [1.82, 2.24) is 0 Å². The fourth-order valence-corrected chi connectivity index (χ4v) is 30.5. The number of aryl methyl sites for hydroxylation is 2. The van der Waals surface area contributed by atoms with Gasteiger partial charge in [0, 0.05) is 51.8 Å². The van der Waals surface area contributed by atoms with Crippen molar-refractivity contribution in [3.8, 4) is 11.5 Å². The van der Waals surface area contributed by atoms with Crippen molar-refractivity contribution in [1.29, 1.82) is 0 Å². The first-order valence-electron chi connectivity index (χ1n) is 34.9. The van der Waals surface area contributed by atoms with Crippen molar-refractivity contribution in [2.75, 3.05) is 38.1 Å². The average Bonchev–Trinajstić information content (AvgIpc) is 1.54. The minimum absolute atomic E-state index is 0.0226. The van der Waals surface area contributed by atoms with Crippen LogP contribution in [0.1, 0.15) is 171 Å². The van der Waals surface area contributed by atoms with Gasteiger partial charge >= 0.3 is 17.9 Å². The number of hydrogen-bond acceptors (Lipinski definition) is 12. The monoisotopic (exact) mass is 1240 g/mol. The number of carbonyl (C=O) groups is 4. The number of esters is 3. The topological polar surface area (TPSA) is 105 Å². The predicted molar refractivity (Wildman–Crippen MR) is 349 cm³/mol. The quantitative estimate of drug-likeness (QED) is 0.0806.